The van der Waals surface area contributed by atoms with E-state index < -0.39 is 0 Å². The lowest BCUT2D eigenvalue weighted by Gasteiger charge is -2.21. The molecule has 0 bridgehead atoms. The summed E-state index contributed by atoms with van der Waals surface area (Å²) in [6, 6.07) is 8.39. The Balaban J connectivity index is 1.80. The van der Waals surface area contributed by atoms with E-state index >= 15 is 0 Å². The first-order chi connectivity index (χ1) is 12.0. The van der Waals surface area contributed by atoms with Crippen LogP contribution in [0.25, 0.3) is 0 Å². The van der Waals surface area contributed by atoms with Gasteiger partial charge in [0.25, 0.3) is 5.91 Å². The fourth-order valence-electron chi connectivity index (χ4n) is 2.60. The largest absolute Gasteiger partial charge is 0.496 e. The van der Waals surface area contributed by atoms with Gasteiger partial charge in [-0.3, -0.25) is 4.79 Å². The summed E-state index contributed by atoms with van der Waals surface area (Å²) in [5.41, 5.74) is 7.34. The lowest BCUT2D eigenvalue weighted by Crippen LogP contribution is -2.27. The highest BCUT2D eigenvalue weighted by Gasteiger charge is 2.19. The molecule has 6 nitrogen and oxygen atoms in total. The predicted molar refractivity (Wildman–Crippen MR) is 95.7 cm³/mol. The number of rotatable bonds is 4. The van der Waals surface area contributed by atoms with Crippen molar-refractivity contribution in [2.75, 3.05) is 26.1 Å². The quantitative estimate of drug-likeness (QED) is 0.816. The molecule has 7 heteroatoms. The van der Waals surface area contributed by atoms with E-state index in [9.17, 15) is 4.79 Å². The van der Waals surface area contributed by atoms with E-state index in [4.69, 9.17) is 31.5 Å². The lowest BCUT2D eigenvalue weighted by molar-refractivity contribution is 0.0936. The van der Waals surface area contributed by atoms with Gasteiger partial charge in [-0.2, -0.15) is 0 Å². The van der Waals surface area contributed by atoms with Crippen molar-refractivity contribution in [3.63, 3.8) is 0 Å². The van der Waals surface area contributed by atoms with Crippen molar-refractivity contribution in [2.45, 2.75) is 13.0 Å². The van der Waals surface area contributed by atoms with E-state index in [2.05, 4.69) is 5.32 Å². The molecule has 1 amide bonds. The van der Waals surface area contributed by atoms with Gasteiger partial charge in [-0.05, 0) is 30.7 Å². The molecule has 0 fully saturated rings. The number of halogens is 1. The third-order valence-electron chi connectivity index (χ3n) is 3.98. The second-order valence-corrected chi connectivity index (χ2v) is 6.08. The Kier molecular flexibility index (Phi) is 4.90. The Morgan fingerprint density at radius 1 is 1.24 bits per heavy atom. The number of amides is 1. The Bertz CT molecular complexity index is 810. The summed E-state index contributed by atoms with van der Waals surface area (Å²) >= 11 is 6.03. The molecule has 0 aliphatic carbocycles. The average molecular weight is 363 g/mol. The number of anilines is 1. The van der Waals surface area contributed by atoms with Gasteiger partial charge in [-0.1, -0.05) is 17.7 Å². The highest BCUT2D eigenvalue weighted by atomic mass is 35.5. The minimum absolute atomic E-state index is 0.246. The summed E-state index contributed by atoms with van der Waals surface area (Å²) < 4.78 is 16.3. The summed E-state index contributed by atoms with van der Waals surface area (Å²) in [4.78, 5) is 12.6. The number of nitrogens with one attached hydrogen (secondary N) is 1. The molecule has 0 saturated carbocycles. The molecular weight excluding hydrogens is 344 g/mol. The van der Waals surface area contributed by atoms with Gasteiger partial charge >= 0.3 is 0 Å². The molecule has 1 atom stereocenters. The first kappa shape index (κ1) is 17.2. The molecule has 1 aliphatic heterocycles. The number of nitrogen functional groups attached to an aromatic ring is 1. The zero-order valence-electron chi connectivity index (χ0n) is 14.0. The maximum absolute atomic E-state index is 12.6. The number of nitrogens with two attached hydrogens (primary N) is 1. The lowest BCUT2D eigenvalue weighted by atomic mass is 10.1. The number of hydrogen-bond acceptors (Lipinski definition) is 5. The normalized spacial score (nSPS) is 13.9. The smallest absolute Gasteiger partial charge is 0.255 e. The maximum Gasteiger partial charge on any atom is 0.255 e. The third kappa shape index (κ3) is 3.58. The van der Waals surface area contributed by atoms with Crippen LogP contribution in [0.3, 0.4) is 0 Å². The molecule has 1 unspecified atom stereocenters. The monoisotopic (exact) mass is 362 g/mol. The van der Waals surface area contributed by atoms with E-state index in [1.54, 1.807) is 0 Å². The fraction of sp³-hybridized carbons (Fsp3) is 0.278. The van der Waals surface area contributed by atoms with Gasteiger partial charge in [-0.15, -0.1) is 0 Å². The highest BCUT2D eigenvalue weighted by molar-refractivity contribution is 6.33. The third-order valence-corrected chi connectivity index (χ3v) is 4.30. The Hall–Kier alpha value is -2.60. The van der Waals surface area contributed by atoms with Crippen LogP contribution >= 0.6 is 11.6 Å². The standard InChI is InChI=1S/C18H19ClN2O4/c1-10(11-3-4-15-17(7-11)25-6-5-24-15)21-18(22)12-8-13(19)14(20)9-16(12)23-2/h3-4,7-10H,5-6,20H2,1-2H3,(H,21,22). The SMILES string of the molecule is COc1cc(N)c(Cl)cc1C(=O)NC(C)c1ccc2c(c1)OCCO2. The number of ether oxygens (including phenoxy) is 3. The van der Waals surface area contributed by atoms with Crippen molar-refractivity contribution in [2.24, 2.45) is 0 Å². The van der Waals surface area contributed by atoms with Crippen LogP contribution in [0.2, 0.25) is 5.02 Å². The number of carbonyl (C=O) groups is 1. The molecule has 3 rings (SSSR count). The summed E-state index contributed by atoms with van der Waals surface area (Å²) in [6.07, 6.45) is 0. The first-order valence-electron chi connectivity index (χ1n) is 7.83. The molecule has 1 heterocycles. The minimum atomic E-state index is -0.305. The molecule has 0 radical (unpaired) electrons. The van der Waals surface area contributed by atoms with Crippen molar-refractivity contribution in [1.29, 1.82) is 0 Å². The number of benzene rings is 2. The van der Waals surface area contributed by atoms with Crippen molar-refractivity contribution in [3.05, 3.63) is 46.5 Å². The molecule has 0 saturated heterocycles. The van der Waals surface area contributed by atoms with E-state index in [0.717, 1.165) is 5.56 Å². The number of methoxy groups -OCH3 is 1. The van der Waals surface area contributed by atoms with Crippen LogP contribution in [0.1, 0.15) is 28.9 Å². The molecule has 132 valence electrons. The number of carbonyl (C=O) groups excluding carboxylic acids is 1. The van der Waals surface area contributed by atoms with Gasteiger partial charge in [0.15, 0.2) is 11.5 Å². The van der Waals surface area contributed by atoms with Crippen molar-refractivity contribution in [3.8, 4) is 17.2 Å². The summed E-state index contributed by atoms with van der Waals surface area (Å²) in [6.45, 7) is 2.93. The molecule has 0 aromatic heterocycles. The summed E-state index contributed by atoms with van der Waals surface area (Å²) in [5, 5.41) is 3.23. The maximum atomic E-state index is 12.6. The second kappa shape index (κ2) is 7.11. The van der Waals surface area contributed by atoms with Crippen LogP contribution in [-0.2, 0) is 0 Å². The molecule has 2 aromatic rings. The molecular formula is C18H19ClN2O4. The molecule has 3 N–H and O–H groups in total. The summed E-state index contributed by atoms with van der Waals surface area (Å²) in [7, 11) is 1.48. The van der Waals surface area contributed by atoms with Gasteiger partial charge < -0.3 is 25.3 Å². The summed E-state index contributed by atoms with van der Waals surface area (Å²) in [5.74, 6) is 1.45. The Labute approximate surface area is 150 Å². The van der Waals surface area contributed by atoms with Crippen molar-refractivity contribution in [1.82, 2.24) is 5.32 Å². The van der Waals surface area contributed by atoms with Crippen LogP contribution in [0.4, 0.5) is 5.69 Å². The number of hydrogen-bond donors (Lipinski definition) is 2. The van der Waals surface area contributed by atoms with E-state index in [-0.39, 0.29) is 11.9 Å². The van der Waals surface area contributed by atoms with E-state index in [0.29, 0.717) is 46.7 Å². The minimum Gasteiger partial charge on any atom is -0.496 e. The topological polar surface area (TPSA) is 82.8 Å². The highest BCUT2D eigenvalue weighted by Crippen LogP contribution is 2.33. The van der Waals surface area contributed by atoms with Crippen LogP contribution in [0.15, 0.2) is 30.3 Å². The van der Waals surface area contributed by atoms with Crippen LogP contribution < -0.4 is 25.3 Å². The molecule has 1 aliphatic rings. The van der Waals surface area contributed by atoms with Crippen LogP contribution in [0, 0.1) is 0 Å². The van der Waals surface area contributed by atoms with Gasteiger partial charge in [0.2, 0.25) is 0 Å². The first-order valence-corrected chi connectivity index (χ1v) is 8.21. The molecule has 25 heavy (non-hydrogen) atoms. The van der Waals surface area contributed by atoms with E-state index in [1.807, 2.05) is 25.1 Å². The molecule has 0 spiro atoms. The Morgan fingerprint density at radius 3 is 2.68 bits per heavy atom. The zero-order valence-corrected chi connectivity index (χ0v) is 14.7. The van der Waals surface area contributed by atoms with Gasteiger partial charge in [0, 0.05) is 6.07 Å². The number of fused-ring (bicyclic) bond motifs is 1. The van der Waals surface area contributed by atoms with Crippen molar-refractivity contribution < 1.29 is 19.0 Å². The molecule has 2 aromatic carbocycles. The second-order valence-electron chi connectivity index (χ2n) is 5.67. The predicted octanol–water partition coefficient (Wildman–Crippen LogP) is 3.19. The van der Waals surface area contributed by atoms with Gasteiger partial charge in [0.05, 0.1) is 29.4 Å². The van der Waals surface area contributed by atoms with E-state index in [1.165, 1.54) is 19.2 Å². The van der Waals surface area contributed by atoms with Crippen LogP contribution in [0.5, 0.6) is 17.2 Å². The van der Waals surface area contributed by atoms with Gasteiger partial charge in [0.1, 0.15) is 19.0 Å². The fourth-order valence-corrected chi connectivity index (χ4v) is 2.77. The van der Waals surface area contributed by atoms with Crippen molar-refractivity contribution >= 4 is 23.2 Å². The average Bonchev–Trinajstić information content (AvgIpc) is 2.62. The Morgan fingerprint density at radius 2 is 1.96 bits per heavy atom. The van der Waals surface area contributed by atoms with Crippen LogP contribution in [-0.4, -0.2) is 26.2 Å². The van der Waals surface area contributed by atoms with Gasteiger partial charge in [-0.25, -0.2) is 0 Å². The zero-order chi connectivity index (χ0) is 18.0.